The largest absolute Gasteiger partial charge is 0.355 e. The zero-order valence-electron chi connectivity index (χ0n) is 14.0. The summed E-state index contributed by atoms with van der Waals surface area (Å²) in [6.07, 6.45) is 4.93. The summed E-state index contributed by atoms with van der Waals surface area (Å²) >= 11 is 0. The molecule has 1 aliphatic heterocycles. The smallest absolute Gasteiger partial charge is 0.233 e. The second-order valence-corrected chi connectivity index (χ2v) is 6.52. The number of ketones is 2. The number of likely N-dealkylation sites (tertiary alicyclic amines) is 1. The van der Waals surface area contributed by atoms with Gasteiger partial charge in [-0.25, -0.2) is 0 Å². The van der Waals surface area contributed by atoms with E-state index in [0.29, 0.717) is 35.4 Å². The Morgan fingerprint density at radius 3 is 2.12 bits per heavy atom. The van der Waals surface area contributed by atoms with E-state index in [4.69, 9.17) is 0 Å². The van der Waals surface area contributed by atoms with Gasteiger partial charge in [-0.3, -0.25) is 24.1 Å². The van der Waals surface area contributed by atoms with Crippen molar-refractivity contribution in [3.8, 4) is 0 Å². The molecule has 1 aromatic heterocycles. The SMILES string of the molecule is CC(=O)c1c(C)[nH]c(C(=O)CN2C(=O)[C@@H]3CC=CC[C@H]3C2=O)c1C. The van der Waals surface area contributed by atoms with Crippen molar-refractivity contribution < 1.29 is 19.2 Å². The van der Waals surface area contributed by atoms with Crippen LogP contribution in [-0.2, 0) is 9.59 Å². The van der Waals surface area contributed by atoms with Gasteiger partial charge >= 0.3 is 0 Å². The van der Waals surface area contributed by atoms with E-state index < -0.39 is 0 Å². The van der Waals surface area contributed by atoms with Crippen molar-refractivity contribution in [2.75, 3.05) is 6.54 Å². The molecule has 1 aromatic rings. The summed E-state index contributed by atoms with van der Waals surface area (Å²) in [6.45, 7) is 4.60. The van der Waals surface area contributed by atoms with E-state index in [1.54, 1.807) is 13.8 Å². The minimum Gasteiger partial charge on any atom is -0.355 e. The monoisotopic (exact) mass is 328 g/mol. The highest BCUT2D eigenvalue weighted by Crippen LogP contribution is 2.35. The van der Waals surface area contributed by atoms with Crippen molar-refractivity contribution in [1.29, 1.82) is 0 Å². The van der Waals surface area contributed by atoms with E-state index >= 15 is 0 Å². The maximum absolute atomic E-state index is 12.6. The predicted molar refractivity (Wildman–Crippen MR) is 86.7 cm³/mol. The number of amides is 2. The summed E-state index contributed by atoms with van der Waals surface area (Å²) in [5.41, 5.74) is 1.99. The first-order valence-corrected chi connectivity index (χ1v) is 8.06. The molecular formula is C18H20N2O4. The van der Waals surface area contributed by atoms with Crippen LogP contribution in [0.2, 0.25) is 0 Å². The molecule has 3 rings (SSSR count). The summed E-state index contributed by atoms with van der Waals surface area (Å²) < 4.78 is 0. The average Bonchev–Trinajstić information content (AvgIpc) is 2.97. The predicted octanol–water partition coefficient (Wildman–Crippen LogP) is 1.97. The van der Waals surface area contributed by atoms with Crippen LogP contribution in [0.1, 0.15) is 51.9 Å². The number of carbonyl (C=O) groups is 4. The highest BCUT2D eigenvalue weighted by Gasteiger charge is 2.47. The molecular weight excluding hydrogens is 308 g/mol. The lowest BCUT2D eigenvalue weighted by atomic mass is 9.85. The quantitative estimate of drug-likeness (QED) is 0.520. The third kappa shape index (κ3) is 2.42. The summed E-state index contributed by atoms with van der Waals surface area (Å²) in [7, 11) is 0. The van der Waals surface area contributed by atoms with Gasteiger partial charge in [0.25, 0.3) is 0 Å². The van der Waals surface area contributed by atoms with Crippen LogP contribution < -0.4 is 0 Å². The van der Waals surface area contributed by atoms with Crippen molar-refractivity contribution >= 4 is 23.4 Å². The number of nitrogens with one attached hydrogen (secondary N) is 1. The summed E-state index contributed by atoms with van der Waals surface area (Å²) in [5, 5.41) is 0. The van der Waals surface area contributed by atoms with Crippen LogP contribution in [0.5, 0.6) is 0 Å². The van der Waals surface area contributed by atoms with Crippen LogP contribution in [0.3, 0.4) is 0 Å². The molecule has 2 aliphatic rings. The number of Topliss-reactive ketones (excluding diaryl/α,β-unsaturated/α-hetero) is 2. The number of hydrogen-bond acceptors (Lipinski definition) is 4. The number of aryl methyl sites for hydroxylation is 1. The first-order chi connectivity index (χ1) is 11.3. The molecule has 0 bridgehead atoms. The fraction of sp³-hybridized carbons (Fsp3) is 0.444. The third-order valence-corrected chi connectivity index (χ3v) is 4.97. The van der Waals surface area contributed by atoms with Gasteiger partial charge in [-0.05, 0) is 39.2 Å². The second kappa shape index (κ2) is 5.85. The topological polar surface area (TPSA) is 87.3 Å². The Bertz CT molecular complexity index is 761. The number of aromatic amines is 1. The summed E-state index contributed by atoms with van der Waals surface area (Å²) in [4.78, 5) is 53.2. The summed E-state index contributed by atoms with van der Waals surface area (Å²) in [5.74, 6) is -1.68. The van der Waals surface area contributed by atoms with Gasteiger partial charge in [0, 0.05) is 11.3 Å². The molecule has 0 saturated carbocycles. The van der Waals surface area contributed by atoms with E-state index in [0.717, 1.165) is 4.90 Å². The number of fused-ring (bicyclic) bond motifs is 1. The number of aromatic nitrogens is 1. The van der Waals surface area contributed by atoms with Crippen LogP contribution >= 0.6 is 0 Å². The third-order valence-electron chi connectivity index (χ3n) is 4.97. The minimum atomic E-state index is -0.351. The van der Waals surface area contributed by atoms with E-state index in [1.807, 2.05) is 12.2 Å². The van der Waals surface area contributed by atoms with E-state index in [1.165, 1.54) is 6.92 Å². The molecule has 1 saturated heterocycles. The number of allylic oxidation sites excluding steroid dienone is 2. The molecule has 0 radical (unpaired) electrons. The molecule has 2 atom stereocenters. The van der Waals surface area contributed by atoms with Gasteiger partial charge in [0.15, 0.2) is 11.6 Å². The Morgan fingerprint density at radius 1 is 1.12 bits per heavy atom. The maximum Gasteiger partial charge on any atom is 0.233 e. The van der Waals surface area contributed by atoms with Crippen LogP contribution in [0.25, 0.3) is 0 Å². The lowest BCUT2D eigenvalue weighted by Crippen LogP contribution is -2.36. The maximum atomic E-state index is 12.6. The number of H-pyrrole nitrogens is 1. The first-order valence-electron chi connectivity index (χ1n) is 8.06. The standard InChI is InChI=1S/C18H20N2O4/c1-9-15(11(3)21)10(2)19-16(9)14(22)8-20-17(23)12-6-4-5-7-13(12)18(20)24/h4-5,12-13,19H,6-8H2,1-3H3/t12-,13-/m1/s1. The first kappa shape index (κ1) is 16.4. The molecule has 0 aromatic carbocycles. The lowest BCUT2D eigenvalue weighted by molar-refractivity contribution is -0.139. The van der Waals surface area contributed by atoms with E-state index in [2.05, 4.69) is 4.98 Å². The van der Waals surface area contributed by atoms with Gasteiger partial charge < -0.3 is 4.98 Å². The van der Waals surface area contributed by atoms with Crippen LogP contribution in [0.4, 0.5) is 0 Å². The highest BCUT2D eigenvalue weighted by molar-refractivity contribution is 6.11. The molecule has 126 valence electrons. The number of nitrogens with zero attached hydrogens (tertiary/aromatic N) is 1. The Morgan fingerprint density at radius 2 is 1.67 bits per heavy atom. The van der Waals surface area contributed by atoms with Gasteiger partial charge in [-0.1, -0.05) is 12.2 Å². The van der Waals surface area contributed by atoms with E-state index in [-0.39, 0.29) is 41.8 Å². The fourth-order valence-corrected chi connectivity index (χ4v) is 3.80. The van der Waals surface area contributed by atoms with Crippen molar-refractivity contribution in [1.82, 2.24) is 9.88 Å². The second-order valence-electron chi connectivity index (χ2n) is 6.52. The molecule has 6 nitrogen and oxygen atoms in total. The Kier molecular flexibility index (Phi) is 3.99. The van der Waals surface area contributed by atoms with Crippen LogP contribution in [-0.4, -0.2) is 39.8 Å². The molecule has 0 unspecified atom stereocenters. The van der Waals surface area contributed by atoms with Crippen molar-refractivity contribution in [2.45, 2.75) is 33.6 Å². The van der Waals surface area contributed by atoms with Crippen molar-refractivity contribution in [3.63, 3.8) is 0 Å². The number of imide groups is 1. The summed E-state index contributed by atoms with van der Waals surface area (Å²) in [6, 6.07) is 0. The highest BCUT2D eigenvalue weighted by atomic mass is 16.2. The van der Waals surface area contributed by atoms with Crippen molar-refractivity contribution in [2.24, 2.45) is 11.8 Å². The number of hydrogen-bond donors (Lipinski definition) is 1. The zero-order valence-corrected chi connectivity index (χ0v) is 14.0. The minimum absolute atomic E-state index is 0.120. The van der Waals surface area contributed by atoms with Gasteiger partial charge in [0.2, 0.25) is 11.8 Å². The molecule has 2 heterocycles. The lowest BCUT2D eigenvalue weighted by Gasteiger charge is -2.14. The molecule has 0 spiro atoms. The molecule has 1 aliphatic carbocycles. The van der Waals surface area contributed by atoms with Gasteiger partial charge in [-0.2, -0.15) is 0 Å². The fourth-order valence-electron chi connectivity index (χ4n) is 3.80. The van der Waals surface area contributed by atoms with Crippen LogP contribution in [0, 0.1) is 25.7 Å². The van der Waals surface area contributed by atoms with E-state index in [9.17, 15) is 19.2 Å². The number of carbonyl (C=O) groups excluding carboxylic acids is 4. The Hall–Kier alpha value is -2.50. The van der Waals surface area contributed by atoms with Gasteiger partial charge in [0.1, 0.15) is 0 Å². The number of rotatable bonds is 4. The molecule has 2 amide bonds. The Labute approximate surface area is 139 Å². The van der Waals surface area contributed by atoms with Gasteiger partial charge in [0.05, 0.1) is 24.1 Å². The Balaban J connectivity index is 1.83. The van der Waals surface area contributed by atoms with Crippen LogP contribution in [0.15, 0.2) is 12.2 Å². The van der Waals surface area contributed by atoms with Crippen molar-refractivity contribution in [3.05, 3.63) is 34.7 Å². The average molecular weight is 328 g/mol. The zero-order chi connectivity index (χ0) is 17.6. The molecule has 1 fully saturated rings. The molecule has 6 heteroatoms. The molecule has 24 heavy (non-hydrogen) atoms. The molecule has 1 N–H and O–H groups in total. The van der Waals surface area contributed by atoms with Gasteiger partial charge in [-0.15, -0.1) is 0 Å². The normalized spacial score (nSPS) is 22.9.